The molecule has 1 heterocycles. The Morgan fingerprint density at radius 2 is 1.93 bits per heavy atom. The first-order valence-electron chi connectivity index (χ1n) is 6.43. The lowest BCUT2D eigenvalue weighted by Crippen LogP contribution is -2.45. The van der Waals surface area contributed by atoms with E-state index in [2.05, 4.69) is 28.9 Å². The van der Waals surface area contributed by atoms with Crippen LogP contribution in [0.25, 0.3) is 0 Å². The standard InChI is InChI=1S/C12H24N2S/c1-11(15-12-4-2-3-5-12)10-14-8-6-13-7-9-14/h11-13H,2-10H2,1H3. The van der Waals surface area contributed by atoms with E-state index in [0.29, 0.717) is 0 Å². The molecule has 2 rings (SSSR count). The van der Waals surface area contributed by atoms with Crippen LogP contribution in [-0.2, 0) is 0 Å². The van der Waals surface area contributed by atoms with Crippen molar-refractivity contribution >= 4 is 11.8 Å². The normalized spacial score (nSPS) is 27.0. The zero-order chi connectivity index (χ0) is 10.5. The van der Waals surface area contributed by atoms with E-state index < -0.39 is 0 Å². The summed E-state index contributed by atoms with van der Waals surface area (Å²) in [6, 6.07) is 0. The van der Waals surface area contributed by atoms with Crippen LogP contribution in [0.1, 0.15) is 32.6 Å². The molecule has 1 N–H and O–H groups in total. The van der Waals surface area contributed by atoms with Crippen LogP contribution in [0.3, 0.4) is 0 Å². The van der Waals surface area contributed by atoms with E-state index in [9.17, 15) is 0 Å². The summed E-state index contributed by atoms with van der Waals surface area (Å²) in [7, 11) is 0. The molecular formula is C12H24N2S. The average molecular weight is 228 g/mol. The number of hydrogen-bond donors (Lipinski definition) is 1. The predicted octanol–water partition coefficient (Wildman–Crippen LogP) is 1.96. The van der Waals surface area contributed by atoms with Crippen LogP contribution in [-0.4, -0.2) is 48.1 Å². The molecule has 0 amide bonds. The molecule has 0 bridgehead atoms. The highest BCUT2D eigenvalue weighted by Gasteiger charge is 2.20. The first-order valence-corrected chi connectivity index (χ1v) is 7.37. The summed E-state index contributed by atoms with van der Waals surface area (Å²) in [4.78, 5) is 2.61. The van der Waals surface area contributed by atoms with Crippen LogP contribution in [0.15, 0.2) is 0 Å². The molecule has 0 aromatic carbocycles. The SMILES string of the molecule is CC(CN1CCNCC1)SC1CCCC1. The van der Waals surface area contributed by atoms with E-state index in [-0.39, 0.29) is 0 Å². The lowest BCUT2D eigenvalue weighted by atomic mass is 10.3. The molecule has 15 heavy (non-hydrogen) atoms. The molecule has 1 unspecified atom stereocenters. The third-order valence-corrected chi connectivity index (χ3v) is 4.92. The molecule has 88 valence electrons. The minimum atomic E-state index is 0.825. The zero-order valence-corrected chi connectivity index (χ0v) is 10.7. The molecule has 1 aliphatic carbocycles. The second kappa shape index (κ2) is 6.12. The van der Waals surface area contributed by atoms with Crippen molar-refractivity contribution < 1.29 is 0 Å². The van der Waals surface area contributed by atoms with Crippen LogP contribution < -0.4 is 5.32 Å². The predicted molar refractivity (Wildman–Crippen MR) is 68.6 cm³/mol. The van der Waals surface area contributed by atoms with Gasteiger partial charge in [-0.05, 0) is 12.8 Å². The molecule has 0 spiro atoms. The van der Waals surface area contributed by atoms with Gasteiger partial charge in [0.25, 0.3) is 0 Å². The third-order valence-electron chi connectivity index (χ3n) is 3.45. The van der Waals surface area contributed by atoms with Crippen molar-refractivity contribution in [3.05, 3.63) is 0 Å². The molecular weight excluding hydrogens is 204 g/mol. The topological polar surface area (TPSA) is 15.3 Å². The van der Waals surface area contributed by atoms with Gasteiger partial charge in [-0.2, -0.15) is 11.8 Å². The smallest absolute Gasteiger partial charge is 0.0149 e. The van der Waals surface area contributed by atoms with Gasteiger partial charge in [-0.1, -0.05) is 19.8 Å². The molecule has 3 heteroatoms. The summed E-state index contributed by atoms with van der Waals surface area (Å²) in [6.07, 6.45) is 5.88. The Hall–Kier alpha value is 0.270. The summed E-state index contributed by atoms with van der Waals surface area (Å²) in [5.41, 5.74) is 0. The van der Waals surface area contributed by atoms with Gasteiger partial charge in [0.1, 0.15) is 0 Å². The van der Waals surface area contributed by atoms with Crippen molar-refractivity contribution in [2.45, 2.75) is 43.1 Å². The van der Waals surface area contributed by atoms with Crippen molar-refractivity contribution in [2.24, 2.45) is 0 Å². The Labute approximate surface area is 98.2 Å². The second-order valence-corrected chi connectivity index (χ2v) is 6.65. The Balaban J connectivity index is 1.64. The molecule has 2 nitrogen and oxygen atoms in total. The Morgan fingerprint density at radius 3 is 2.60 bits per heavy atom. The van der Waals surface area contributed by atoms with Crippen molar-refractivity contribution in [3.8, 4) is 0 Å². The first kappa shape index (κ1) is 11.7. The number of rotatable bonds is 4. The molecule has 1 saturated carbocycles. The van der Waals surface area contributed by atoms with E-state index in [4.69, 9.17) is 0 Å². The summed E-state index contributed by atoms with van der Waals surface area (Å²) < 4.78 is 0. The summed E-state index contributed by atoms with van der Waals surface area (Å²) >= 11 is 2.24. The van der Waals surface area contributed by atoms with Gasteiger partial charge in [-0.25, -0.2) is 0 Å². The first-order chi connectivity index (χ1) is 7.34. The monoisotopic (exact) mass is 228 g/mol. The van der Waals surface area contributed by atoms with Gasteiger partial charge in [0.05, 0.1) is 0 Å². The van der Waals surface area contributed by atoms with Crippen molar-refractivity contribution in [1.29, 1.82) is 0 Å². The van der Waals surface area contributed by atoms with E-state index in [1.54, 1.807) is 0 Å². The van der Waals surface area contributed by atoms with Gasteiger partial charge >= 0.3 is 0 Å². The van der Waals surface area contributed by atoms with Crippen LogP contribution in [0.4, 0.5) is 0 Å². The highest BCUT2D eigenvalue weighted by Crippen LogP contribution is 2.32. The maximum absolute atomic E-state index is 3.41. The van der Waals surface area contributed by atoms with Gasteiger partial charge in [-0.15, -0.1) is 0 Å². The molecule has 1 aliphatic heterocycles. The van der Waals surface area contributed by atoms with Crippen LogP contribution in [0.5, 0.6) is 0 Å². The van der Waals surface area contributed by atoms with Gasteiger partial charge in [0.2, 0.25) is 0 Å². The van der Waals surface area contributed by atoms with Crippen LogP contribution >= 0.6 is 11.8 Å². The lowest BCUT2D eigenvalue weighted by molar-refractivity contribution is 0.244. The van der Waals surface area contributed by atoms with Gasteiger partial charge in [-0.3, -0.25) is 4.90 Å². The summed E-state index contributed by atoms with van der Waals surface area (Å²) in [6.45, 7) is 8.56. The Morgan fingerprint density at radius 1 is 1.27 bits per heavy atom. The highest BCUT2D eigenvalue weighted by molar-refractivity contribution is 8.00. The third kappa shape index (κ3) is 3.97. The Kier molecular flexibility index (Phi) is 4.79. The zero-order valence-electron chi connectivity index (χ0n) is 9.87. The van der Waals surface area contributed by atoms with E-state index in [1.165, 1.54) is 58.4 Å². The lowest BCUT2D eigenvalue weighted by Gasteiger charge is -2.30. The van der Waals surface area contributed by atoms with Crippen LogP contribution in [0.2, 0.25) is 0 Å². The van der Waals surface area contributed by atoms with E-state index in [0.717, 1.165) is 10.5 Å². The fourth-order valence-corrected chi connectivity index (χ4v) is 4.21. The van der Waals surface area contributed by atoms with Gasteiger partial charge < -0.3 is 5.32 Å². The Bertz CT molecular complexity index is 174. The maximum Gasteiger partial charge on any atom is 0.0149 e. The molecule has 2 aliphatic rings. The van der Waals surface area contributed by atoms with Crippen molar-refractivity contribution in [1.82, 2.24) is 10.2 Å². The molecule has 1 saturated heterocycles. The minimum absolute atomic E-state index is 0.825. The number of thioether (sulfide) groups is 1. The van der Waals surface area contributed by atoms with E-state index >= 15 is 0 Å². The number of nitrogens with one attached hydrogen (secondary N) is 1. The summed E-state index contributed by atoms with van der Waals surface area (Å²) in [5.74, 6) is 0. The van der Waals surface area contributed by atoms with Crippen molar-refractivity contribution in [2.75, 3.05) is 32.7 Å². The van der Waals surface area contributed by atoms with Gasteiger partial charge in [0, 0.05) is 43.2 Å². The quantitative estimate of drug-likeness (QED) is 0.792. The number of nitrogens with zero attached hydrogens (tertiary/aromatic N) is 1. The number of hydrogen-bond acceptors (Lipinski definition) is 3. The second-order valence-electron chi connectivity index (χ2n) is 4.90. The molecule has 0 radical (unpaired) electrons. The van der Waals surface area contributed by atoms with Crippen LogP contribution in [0, 0.1) is 0 Å². The highest BCUT2D eigenvalue weighted by atomic mass is 32.2. The number of piperazine rings is 1. The van der Waals surface area contributed by atoms with E-state index in [1.807, 2.05) is 0 Å². The fraction of sp³-hybridized carbons (Fsp3) is 1.00. The molecule has 0 aromatic rings. The molecule has 0 aromatic heterocycles. The summed E-state index contributed by atoms with van der Waals surface area (Å²) in [5, 5.41) is 5.21. The largest absolute Gasteiger partial charge is 0.314 e. The van der Waals surface area contributed by atoms with Gasteiger partial charge in [0.15, 0.2) is 0 Å². The molecule has 1 atom stereocenters. The fourth-order valence-electron chi connectivity index (χ4n) is 2.65. The van der Waals surface area contributed by atoms with Crippen molar-refractivity contribution in [3.63, 3.8) is 0 Å². The minimum Gasteiger partial charge on any atom is -0.314 e. The average Bonchev–Trinajstić information content (AvgIpc) is 2.71. The maximum atomic E-state index is 3.41. The molecule has 2 fully saturated rings.